The van der Waals surface area contributed by atoms with E-state index in [9.17, 15) is 9.50 Å². The highest BCUT2D eigenvalue weighted by Gasteiger charge is 2.31. The van der Waals surface area contributed by atoms with Crippen molar-refractivity contribution in [3.63, 3.8) is 0 Å². The van der Waals surface area contributed by atoms with E-state index in [1.165, 1.54) is 23.8 Å². The normalized spacial score (nSPS) is 19.1. The van der Waals surface area contributed by atoms with Crippen LogP contribution in [-0.2, 0) is 6.54 Å². The number of nitrogen functional groups attached to an aromatic ring is 1. The van der Waals surface area contributed by atoms with Gasteiger partial charge in [0.1, 0.15) is 0 Å². The second-order valence-corrected chi connectivity index (χ2v) is 10.2. The number of benzene rings is 1. The number of methoxy groups -OCH3 is 1. The summed E-state index contributed by atoms with van der Waals surface area (Å²) in [6.07, 6.45) is 2.91. The van der Waals surface area contributed by atoms with Gasteiger partial charge >= 0.3 is 0 Å². The molecule has 0 saturated carbocycles. The first kappa shape index (κ1) is 23.3. The van der Waals surface area contributed by atoms with E-state index in [2.05, 4.69) is 27.0 Å². The average molecular weight is 483 g/mol. The van der Waals surface area contributed by atoms with Crippen molar-refractivity contribution in [3.8, 4) is 5.75 Å². The van der Waals surface area contributed by atoms with E-state index in [0.29, 0.717) is 41.4 Å². The molecule has 186 valence electrons. The van der Waals surface area contributed by atoms with Gasteiger partial charge in [0.05, 0.1) is 36.2 Å². The third-order valence-electron chi connectivity index (χ3n) is 6.42. The van der Waals surface area contributed by atoms with E-state index < -0.39 is 11.4 Å². The number of fused-ring (bicyclic) bond motifs is 3. The molecule has 5 rings (SSSR count). The van der Waals surface area contributed by atoms with Crippen molar-refractivity contribution < 1.29 is 14.2 Å². The number of aryl methyl sites for hydroxylation is 1. The van der Waals surface area contributed by atoms with Gasteiger partial charge in [-0.05, 0) is 39.2 Å². The second-order valence-electron chi connectivity index (χ2n) is 10.2. The number of hydrogen-bond acceptors (Lipinski definition) is 8. The number of ether oxygens (including phenoxy) is 1. The number of anilines is 2. The van der Waals surface area contributed by atoms with Gasteiger partial charge in [-0.15, -0.1) is 5.10 Å². The summed E-state index contributed by atoms with van der Waals surface area (Å²) in [6.45, 7) is 9.73. The molecule has 35 heavy (non-hydrogen) atoms. The van der Waals surface area contributed by atoms with Crippen LogP contribution in [0, 0.1) is 18.7 Å². The van der Waals surface area contributed by atoms with Crippen molar-refractivity contribution in [1.82, 2.24) is 29.4 Å². The zero-order valence-electron chi connectivity index (χ0n) is 20.7. The van der Waals surface area contributed by atoms with Crippen molar-refractivity contribution in [2.24, 2.45) is 5.92 Å². The molecule has 3 N–H and O–H groups in total. The molecule has 1 saturated heterocycles. The molecule has 2 atom stereocenters. The van der Waals surface area contributed by atoms with Gasteiger partial charge in [0.25, 0.3) is 0 Å². The number of piperidine rings is 1. The fourth-order valence-corrected chi connectivity index (χ4v) is 5.01. The fourth-order valence-electron chi connectivity index (χ4n) is 5.01. The summed E-state index contributed by atoms with van der Waals surface area (Å²) in [5.41, 5.74) is 8.26. The summed E-state index contributed by atoms with van der Waals surface area (Å²) >= 11 is 0. The van der Waals surface area contributed by atoms with Gasteiger partial charge in [0.15, 0.2) is 23.0 Å². The number of halogens is 1. The van der Waals surface area contributed by atoms with Gasteiger partial charge < -0.3 is 20.5 Å². The average Bonchev–Trinajstić information content (AvgIpc) is 3.37. The van der Waals surface area contributed by atoms with Crippen LogP contribution in [0.15, 0.2) is 18.3 Å². The van der Waals surface area contributed by atoms with Crippen molar-refractivity contribution in [2.45, 2.75) is 52.2 Å². The highest BCUT2D eigenvalue weighted by Crippen LogP contribution is 2.34. The maximum Gasteiger partial charge on any atom is 0.223 e. The molecule has 10 nitrogen and oxygen atoms in total. The fraction of sp³-hybridized carbons (Fsp3) is 0.500. The Morgan fingerprint density at radius 2 is 2.00 bits per heavy atom. The lowest BCUT2D eigenvalue weighted by Gasteiger charge is -2.36. The summed E-state index contributed by atoms with van der Waals surface area (Å²) in [6, 6.07) is 2.89. The van der Waals surface area contributed by atoms with Crippen molar-refractivity contribution in [1.29, 1.82) is 0 Å². The molecule has 3 aromatic heterocycles. The maximum absolute atomic E-state index is 14.5. The number of aliphatic hydroxyl groups is 1. The summed E-state index contributed by atoms with van der Waals surface area (Å²) in [5.74, 6) is 0.893. The first-order valence-corrected chi connectivity index (χ1v) is 11.7. The molecular weight excluding hydrogens is 451 g/mol. The predicted octanol–water partition coefficient (Wildman–Crippen LogP) is 2.91. The van der Waals surface area contributed by atoms with Crippen LogP contribution in [0.4, 0.5) is 16.0 Å². The standard InChI is InChI=1S/C24H31FN8O2/c1-13-6-15(10-31(9-13)19-11-32(29-14(19)2)12-24(3,4)34)21-28-22-16-7-17(25)20(35-5)8-18(16)27-23(26)33(22)30-21/h7-8,11,13,15,34H,6,9-10,12H2,1-5H3,(H2,26,27). The largest absolute Gasteiger partial charge is 0.494 e. The van der Waals surface area contributed by atoms with Gasteiger partial charge in [-0.2, -0.15) is 9.61 Å². The molecule has 4 aromatic rings. The number of aromatic nitrogens is 6. The van der Waals surface area contributed by atoms with E-state index in [0.717, 1.165) is 24.3 Å². The van der Waals surface area contributed by atoms with Gasteiger partial charge in [-0.3, -0.25) is 4.68 Å². The van der Waals surface area contributed by atoms with Crippen LogP contribution in [0.3, 0.4) is 0 Å². The van der Waals surface area contributed by atoms with Crippen LogP contribution in [-0.4, -0.2) is 60.3 Å². The quantitative estimate of drug-likeness (QED) is 0.446. The van der Waals surface area contributed by atoms with Crippen molar-refractivity contribution in [3.05, 3.63) is 35.7 Å². The molecule has 1 aromatic carbocycles. The molecule has 11 heteroatoms. The molecule has 0 spiro atoms. The Morgan fingerprint density at radius 3 is 2.71 bits per heavy atom. The third kappa shape index (κ3) is 4.36. The Balaban J connectivity index is 1.50. The lowest BCUT2D eigenvalue weighted by molar-refractivity contribution is 0.0577. The summed E-state index contributed by atoms with van der Waals surface area (Å²) in [7, 11) is 1.41. The lowest BCUT2D eigenvalue weighted by atomic mass is 9.89. The van der Waals surface area contributed by atoms with Crippen molar-refractivity contribution >= 4 is 28.2 Å². The maximum atomic E-state index is 14.5. The molecule has 0 bridgehead atoms. The number of nitrogens with two attached hydrogens (primary N) is 1. The minimum absolute atomic E-state index is 0.0493. The van der Waals surface area contributed by atoms with Gasteiger partial charge in [0, 0.05) is 36.7 Å². The molecule has 0 radical (unpaired) electrons. The van der Waals surface area contributed by atoms with E-state index in [1.54, 1.807) is 18.5 Å². The molecule has 0 amide bonds. The Labute approximate surface area is 202 Å². The SMILES string of the molecule is COc1cc2nc(N)n3nc(C4CC(C)CN(c5cn(CC(C)(C)O)nc5C)C4)nc3c2cc1F. The van der Waals surface area contributed by atoms with E-state index >= 15 is 0 Å². The van der Waals surface area contributed by atoms with Gasteiger partial charge in [0.2, 0.25) is 5.95 Å². The minimum atomic E-state index is -0.853. The van der Waals surface area contributed by atoms with E-state index in [4.69, 9.17) is 15.5 Å². The summed E-state index contributed by atoms with van der Waals surface area (Å²) in [4.78, 5) is 11.5. The zero-order valence-corrected chi connectivity index (χ0v) is 20.7. The highest BCUT2D eigenvalue weighted by molar-refractivity contribution is 5.93. The molecule has 2 unspecified atom stereocenters. The van der Waals surface area contributed by atoms with Crippen molar-refractivity contribution in [2.75, 3.05) is 30.8 Å². The predicted molar refractivity (Wildman–Crippen MR) is 131 cm³/mol. The third-order valence-corrected chi connectivity index (χ3v) is 6.42. The lowest BCUT2D eigenvalue weighted by Crippen LogP contribution is -2.39. The van der Waals surface area contributed by atoms with Gasteiger partial charge in [-0.25, -0.2) is 14.4 Å². The van der Waals surface area contributed by atoms with Crippen LogP contribution in [0.5, 0.6) is 5.75 Å². The molecular formula is C24H31FN8O2. The zero-order chi connectivity index (χ0) is 25.1. The Hall–Kier alpha value is -3.47. The number of hydrogen-bond donors (Lipinski definition) is 2. The van der Waals surface area contributed by atoms with Crippen LogP contribution >= 0.6 is 0 Å². The highest BCUT2D eigenvalue weighted by atomic mass is 19.1. The number of nitrogens with zero attached hydrogens (tertiary/aromatic N) is 7. The van der Waals surface area contributed by atoms with Gasteiger partial charge in [-0.1, -0.05) is 6.92 Å². The summed E-state index contributed by atoms with van der Waals surface area (Å²) < 4.78 is 22.8. The first-order chi connectivity index (χ1) is 16.5. The van der Waals surface area contributed by atoms with E-state index in [-0.39, 0.29) is 17.6 Å². The monoisotopic (exact) mass is 482 g/mol. The molecule has 0 aliphatic carbocycles. The Bertz CT molecular complexity index is 1410. The van der Waals surface area contributed by atoms with E-state index in [1.807, 2.05) is 13.1 Å². The van der Waals surface area contributed by atoms with Crippen LogP contribution in [0.1, 0.15) is 44.6 Å². The first-order valence-electron chi connectivity index (χ1n) is 11.7. The smallest absolute Gasteiger partial charge is 0.223 e. The Kier molecular flexibility index (Phi) is 5.54. The molecule has 1 aliphatic heterocycles. The molecule has 4 heterocycles. The van der Waals surface area contributed by atoms with Crippen LogP contribution < -0.4 is 15.4 Å². The number of rotatable bonds is 5. The molecule has 1 aliphatic rings. The minimum Gasteiger partial charge on any atom is -0.494 e. The van der Waals surface area contributed by atoms with Crippen LogP contribution in [0.25, 0.3) is 16.6 Å². The Morgan fingerprint density at radius 1 is 1.23 bits per heavy atom. The molecule has 1 fully saturated rings. The van der Waals surface area contributed by atoms with Crippen LogP contribution in [0.2, 0.25) is 0 Å². The topological polar surface area (TPSA) is 120 Å². The second kappa shape index (κ2) is 8.33. The summed E-state index contributed by atoms with van der Waals surface area (Å²) in [5, 5.41) is 20.0.